The van der Waals surface area contributed by atoms with Gasteiger partial charge in [-0.2, -0.15) is 0 Å². The van der Waals surface area contributed by atoms with Gasteiger partial charge in [-0.3, -0.25) is 0 Å². The zero-order chi connectivity index (χ0) is 12.4. The summed E-state index contributed by atoms with van der Waals surface area (Å²) in [6.45, 7) is 2.96. The van der Waals surface area contributed by atoms with E-state index in [1.165, 1.54) is 0 Å². The average Bonchev–Trinajstić information content (AvgIpc) is 2.28. The number of aliphatic carboxylic acids is 2. The van der Waals surface area contributed by atoms with E-state index in [2.05, 4.69) is 6.58 Å². The first-order valence-electron chi connectivity index (χ1n) is 4.37. The molecule has 0 spiro atoms. The Bertz CT molecular complexity index is 379. The van der Waals surface area contributed by atoms with Gasteiger partial charge in [-0.05, 0) is 11.6 Å². The van der Waals surface area contributed by atoms with Crippen molar-refractivity contribution in [2.75, 3.05) is 0 Å². The van der Waals surface area contributed by atoms with Crippen LogP contribution in [0.3, 0.4) is 0 Å². The Morgan fingerprint density at radius 3 is 1.94 bits per heavy atom. The summed E-state index contributed by atoms with van der Waals surface area (Å²) in [7, 11) is 0. The lowest BCUT2D eigenvalue weighted by atomic mass is 10.2. The minimum atomic E-state index is -0.981. The third kappa shape index (κ3) is 8.25. The summed E-state index contributed by atoms with van der Waals surface area (Å²) >= 11 is 0. The number of hydrogen-bond acceptors (Lipinski definition) is 2. The molecule has 0 radical (unpaired) electrons. The van der Waals surface area contributed by atoms with Crippen LogP contribution >= 0.6 is 0 Å². The van der Waals surface area contributed by atoms with Crippen LogP contribution in [-0.4, -0.2) is 22.2 Å². The SMILES string of the molecule is C=CC(=O)O.O=C(O)/C=C/c1ccccc1. The Morgan fingerprint density at radius 1 is 1.06 bits per heavy atom. The Kier molecular flexibility index (Phi) is 6.81. The number of carboxylic acids is 2. The maximum atomic E-state index is 10.1. The molecular weight excluding hydrogens is 208 g/mol. The summed E-state index contributed by atoms with van der Waals surface area (Å²) in [6, 6.07) is 9.31. The number of carbonyl (C=O) groups is 2. The molecule has 0 aromatic heterocycles. The highest BCUT2D eigenvalue weighted by Crippen LogP contribution is 1.99. The Labute approximate surface area is 93.2 Å². The summed E-state index contributed by atoms with van der Waals surface area (Å²) in [5, 5.41) is 15.9. The van der Waals surface area contributed by atoms with Gasteiger partial charge in [-0.15, -0.1) is 0 Å². The predicted molar refractivity (Wildman–Crippen MR) is 60.9 cm³/mol. The van der Waals surface area contributed by atoms with Crippen LogP contribution in [0.2, 0.25) is 0 Å². The second-order valence-corrected chi connectivity index (χ2v) is 2.62. The first-order valence-corrected chi connectivity index (χ1v) is 4.37. The highest BCUT2D eigenvalue weighted by Gasteiger charge is 1.85. The molecule has 0 saturated carbocycles. The fourth-order valence-electron chi connectivity index (χ4n) is 0.732. The van der Waals surface area contributed by atoms with Gasteiger partial charge in [0.1, 0.15) is 0 Å². The minimum absolute atomic E-state index is 0.833. The van der Waals surface area contributed by atoms with Crippen molar-refractivity contribution in [2.45, 2.75) is 0 Å². The van der Waals surface area contributed by atoms with E-state index in [9.17, 15) is 9.59 Å². The van der Waals surface area contributed by atoms with Crippen LogP contribution < -0.4 is 0 Å². The Morgan fingerprint density at radius 2 is 1.56 bits per heavy atom. The first-order chi connectivity index (χ1) is 7.56. The summed E-state index contributed by atoms with van der Waals surface area (Å²) in [5.74, 6) is -1.90. The van der Waals surface area contributed by atoms with E-state index in [1.54, 1.807) is 6.08 Å². The molecule has 1 rings (SSSR count). The van der Waals surface area contributed by atoms with Crippen molar-refractivity contribution in [1.29, 1.82) is 0 Å². The molecule has 0 bridgehead atoms. The van der Waals surface area contributed by atoms with Crippen molar-refractivity contribution in [1.82, 2.24) is 0 Å². The normalized spacial score (nSPS) is 9.00. The predicted octanol–water partition coefficient (Wildman–Crippen LogP) is 2.04. The van der Waals surface area contributed by atoms with Gasteiger partial charge in [0.25, 0.3) is 0 Å². The van der Waals surface area contributed by atoms with Crippen molar-refractivity contribution in [2.24, 2.45) is 0 Å². The molecule has 0 unspecified atom stereocenters. The van der Waals surface area contributed by atoms with Crippen LogP contribution in [0, 0.1) is 0 Å². The van der Waals surface area contributed by atoms with E-state index >= 15 is 0 Å². The summed E-state index contributed by atoms with van der Waals surface area (Å²) in [4.78, 5) is 19.3. The molecule has 0 heterocycles. The van der Waals surface area contributed by atoms with Crippen molar-refractivity contribution >= 4 is 18.0 Å². The van der Waals surface area contributed by atoms with Crippen molar-refractivity contribution in [3.05, 3.63) is 54.6 Å². The third-order valence-electron chi connectivity index (χ3n) is 1.39. The maximum Gasteiger partial charge on any atom is 0.328 e. The molecule has 0 amide bonds. The molecule has 4 heteroatoms. The molecule has 2 N–H and O–H groups in total. The smallest absolute Gasteiger partial charge is 0.328 e. The van der Waals surface area contributed by atoms with Crippen LogP contribution in [0.25, 0.3) is 6.08 Å². The topological polar surface area (TPSA) is 74.6 Å². The van der Waals surface area contributed by atoms with E-state index < -0.39 is 11.9 Å². The Hall–Kier alpha value is -2.36. The molecule has 1 aromatic carbocycles. The zero-order valence-electron chi connectivity index (χ0n) is 8.54. The fraction of sp³-hybridized carbons (Fsp3) is 0. The van der Waals surface area contributed by atoms with E-state index in [-0.39, 0.29) is 0 Å². The van der Waals surface area contributed by atoms with Gasteiger partial charge < -0.3 is 10.2 Å². The molecule has 0 aliphatic carbocycles. The van der Waals surface area contributed by atoms with Crippen molar-refractivity contribution in [3.8, 4) is 0 Å². The summed E-state index contributed by atoms with van der Waals surface area (Å²) < 4.78 is 0. The van der Waals surface area contributed by atoms with E-state index in [4.69, 9.17) is 10.2 Å². The molecule has 1 aromatic rings. The van der Waals surface area contributed by atoms with Crippen molar-refractivity contribution < 1.29 is 19.8 Å². The van der Waals surface area contributed by atoms with Crippen LogP contribution in [0.5, 0.6) is 0 Å². The highest BCUT2D eigenvalue weighted by molar-refractivity contribution is 5.85. The summed E-state index contributed by atoms with van der Waals surface area (Å²) in [5.41, 5.74) is 0.898. The molecule has 0 fully saturated rings. The first kappa shape index (κ1) is 13.6. The number of carboxylic acid groups (broad SMARTS) is 2. The van der Waals surface area contributed by atoms with E-state index in [1.807, 2.05) is 30.3 Å². The fourth-order valence-corrected chi connectivity index (χ4v) is 0.732. The summed E-state index contributed by atoms with van der Waals surface area (Å²) in [6.07, 6.45) is 3.51. The van der Waals surface area contributed by atoms with Crippen LogP contribution in [0.1, 0.15) is 5.56 Å². The average molecular weight is 220 g/mol. The van der Waals surface area contributed by atoms with Gasteiger partial charge in [0.2, 0.25) is 0 Å². The quantitative estimate of drug-likeness (QED) is 0.764. The van der Waals surface area contributed by atoms with E-state index in [0.717, 1.165) is 17.7 Å². The lowest BCUT2D eigenvalue weighted by Gasteiger charge is -1.87. The zero-order valence-corrected chi connectivity index (χ0v) is 8.54. The lowest BCUT2D eigenvalue weighted by Crippen LogP contribution is -1.85. The number of hydrogen-bond donors (Lipinski definition) is 2. The van der Waals surface area contributed by atoms with E-state index in [0.29, 0.717) is 0 Å². The molecule has 0 aliphatic rings. The molecule has 0 aliphatic heterocycles. The number of benzene rings is 1. The van der Waals surface area contributed by atoms with Gasteiger partial charge in [0.15, 0.2) is 0 Å². The van der Waals surface area contributed by atoms with Crippen LogP contribution in [-0.2, 0) is 9.59 Å². The van der Waals surface area contributed by atoms with Gasteiger partial charge in [0, 0.05) is 12.2 Å². The second-order valence-electron chi connectivity index (χ2n) is 2.62. The third-order valence-corrected chi connectivity index (χ3v) is 1.39. The molecule has 84 valence electrons. The monoisotopic (exact) mass is 220 g/mol. The lowest BCUT2D eigenvalue weighted by molar-refractivity contribution is -0.132. The molecule has 0 atom stereocenters. The standard InChI is InChI=1S/C9H8O2.C3H4O2/c10-9(11)7-6-8-4-2-1-3-5-8;1-2-3(4)5/h1-7H,(H,10,11);2H,1H2,(H,4,5)/b7-6+;. The van der Waals surface area contributed by atoms with Gasteiger partial charge in [0.05, 0.1) is 0 Å². The minimum Gasteiger partial charge on any atom is -0.478 e. The Balaban J connectivity index is 0.000000385. The van der Waals surface area contributed by atoms with Crippen LogP contribution in [0.15, 0.2) is 49.1 Å². The maximum absolute atomic E-state index is 10.1. The molecule has 4 nitrogen and oxygen atoms in total. The molecule has 16 heavy (non-hydrogen) atoms. The molecular formula is C12H12O4. The van der Waals surface area contributed by atoms with Gasteiger partial charge >= 0.3 is 11.9 Å². The van der Waals surface area contributed by atoms with Gasteiger partial charge in [-0.25, -0.2) is 9.59 Å². The molecule has 0 saturated heterocycles. The highest BCUT2D eigenvalue weighted by atomic mass is 16.4. The second kappa shape index (κ2) is 7.99. The van der Waals surface area contributed by atoms with Gasteiger partial charge in [-0.1, -0.05) is 36.9 Å². The van der Waals surface area contributed by atoms with Crippen LogP contribution in [0.4, 0.5) is 0 Å². The largest absolute Gasteiger partial charge is 0.478 e. The van der Waals surface area contributed by atoms with Crippen molar-refractivity contribution in [3.63, 3.8) is 0 Å². The number of rotatable bonds is 3.